The fraction of sp³-hybridized carbons (Fsp3) is 0.360. The summed E-state index contributed by atoms with van der Waals surface area (Å²) in [6, 6.07) is 3.71. The van der Waals surface area contributed by atoms with Crippen LogP contribution in [0.25, 0.3) is 6.08 Å². The number of halogens is 9. The van der Waals surface area contributed by atoms with Gasteiger partial charge in [-0.05, 0) is 56.4 Å². The van der Waals surface area contributed by atoms with Gasteiger partial charge in [-0.1, -0.05) is 53.0 Å². The van der Waals surface area contributed by atoms with Crippen LogP contribution in [0.1, 0.15) is 46.3 Å². The monoisotopic (exact) mass is 602 g/mol. The first-order chi connectivity index (χ1) is 17.4. The molecule has 0 saturated heterocycles. The summed E-state index contributed by atoms with van der Waals surface area (Å²) < 4.78 is 82.6. The zero-order chi connectivity index (χ0) is 29.0. The number of alkyl halides is 6. The number of likely N-dealkylation sites (N-methyl/N-ethyl adjacent to an activating group) is 1. The van der Waals surface area contributed by atoms with Gasteiger partial charge in [0.2, 0.25) is 0 Å². The first-order valence-corrected chi connectivity index (χ1v) is 12.1. The van der Waals surface area contributed by atoms with Gasteiger partial charge >= 0.3 is 12.4 Å². The van der Waals surface area contributed by atoms with E-state index in [1.807, 2.05) is 0 Å². The molecule has 1 unspecified atom stereocenters. The van der Waals surface area contributed by atoms with E-state index < -0.39 is 41.3 Å². The highest BCUT2D eigenvalue weighted by Crippen LogP contribution is 2.41. The SMILES string of the molecule is C[C@H](CC(=O)CN(C)C)NC(=O)c1ccc(/C=C/C(c2cc(Cl)c(Cl)c(Cl)c2)C(F)(F)F)cc1C(F)(F)F. The molecular formula is C25H23Cl3F6N2O2. The van der Waals surface area contributed by atoms with Crippen LogP contribution in [0.2, 0.25) is 15.1 Å². The van der Waals surface area contributed by atoms with Crippen molar-refractivity contribution in [1.29, 1.82) is 0 Å². The minimum atomic E-state index is -4.98. The molecule has 0 bridgehead atoms. The Bertz CT molecular complexity index is 1190. The Labute approximate surface area is 230 Å². The van der Waals surface area contributed by atoms with Crippen molar-refractivity contribution in [3.63, 3.8) is 0 Å². The fourth-order valence-corrected chi connectivity index (χ4v) is 4.19. The van der Waals surface area contributed by atoms with Crippen molar-refractivity contribution in [2.24, 2.45) is 0 Å². The number of benzene rings is 2. The molecule has 1 N–H and O–H groups in total. The summed E-state index contributed by atoms with van der Waals surface area (Å²) in [4.78, 5) is 26.1. The summed E-state index contributed by atoms with van der Waals surface area (Å²) in [7, 11) is 3.34. The summed E-state index contributed by atoms with van der Waals surface area (Å²) in [6.45, 7) is 1.57. The van der Waals surface area contributed by atoms with E-state index in [4.69, 9.17) is 34.8 Å². The molecule has 0 heterocycles. The summed E-state index contributed by atoms with van der Waals surface area (Å²) in [5.74, 6) is -3.55. The summed E-state index contributed by atoms with van der Waals surface area (Å²) in [5, 5.41) is 1.78. The predicted molar refractivity (Wildman–Crippen MR) is 136 cm³/mol. The van der Waals surface area contributed by atoms with Crippen molar-refractivity contribution in [2.75, 3.05) is 20.6 Å². The van der Waals surface area contributed by atoms with Crippen LogP contribution in [-0.2, 0) is 11.0 Å². The zero-order valence-electron chi connectivity index (χ0n) is 20.3. The van der Waals surface area contributed by atoms with Crippen LogP contribution in [0.15, 0.2) is 36.4 Å². The maximum absolute atomic E-state index is 13.8. The molecule has 38 heavy (non-hydrogen) atoms. The average molecular weight is 604 g/mol. The lowest BCUT2D eigenvalue weighted by atomic mass is 9.96. The largest absolute Gasteiger partial charge is 0.417 e. The third-order valence-corrected chi connectivity index (χ3v) is 6.39. The van der Waals surface area contributed by atoms with Gasteiger partial charge < -0.3 is 10.2 Å². The van der Waals surface area contributed by atoms with E-state index in [0.717, 1.165) is 30.3 Å². The Hall–Kier alpha value is -2.27. The number of hydrogen-bond acceptors (Lipinski definition) is 3. The number of Topliss-reactive ketones (excluding diaryl/α,β-unsaturated/α-hetero) is 1. The van der Waals surface area contributed by atoms with Gasteiger partial charge in [0.05, 0.1) is 38.7 Å². The van der Waals surface area contributed by atoms with Crippen LogP contribution >= 0.6 is 34.8 Å². The van der Waals surface area contributed by atoms with Crippen LogP contribution < -0.4 is 5.32 Å². The molecule has 0 saturated carbocycles. The maximum Gasteiger partial charge on any atom is 0.417 e. The molecule has 0 aliphatic heterocycles. The highest BCUT2D eigenvalue weighted by molar-refractivity contribution is 6.48. The Kier molecular flexibility index (Phi) is 10.7. The third kappa shape index (κ3) is 8.90. The standard InChI is InChI=1S/C25H23Cl3F6N2O2/c1-13(8-16(37)12-36(2)3)35-23(38)17-6-4-14(9-19(17)25(32,33)34)5-7-18(24(29,30)31)15-10-20(26)22(28)21(27)11-15/h4-7,9-11,13,18H,8,12H2,1-3H3,(H,35,38)/b7-5+/t13-,18?/m1/s1. The van der Waals surface area contributed by atoms with E-state index in [9.17, 15) is 35.9 Å². The van der Waals surface area contributed by atoms with Crippen LogP contribution in [0, 0.1) is 0 Å². The number of amides is 1. The van der Waals surface area contributed by atoms with Crippen molar-refractivity contribution in [3.05, 3.63) is 73.7 Å². The van der Waals surface area contributed by atoms with Crippen LogP contribution in [0.3, 0.4) is 0 Å². The molecule has 2 aromatic rings. The minimum absolute atomic E-state index is 0.0936. The van der Waals surface area contributed by atoms with Gasteiger partial charge in [-0.25, -0.2) is 0 Å². The molecule has 0 aliphatic rings. The lowest BCUT2D eigenvalue weighted by Crippen LogP contribution is -2.37. The molecule has 0 radical (unpaired) electrons. The first-order valence-electron chi connectivity index (χ1n) is 11.0. The minimum Gasteiger partial charge on any atom is -0.349 e. The number of allylic oxidation sites excluding steroid dienone is 1. The van der Waals surface area contributed by atoms with E-state index in [1.165, 1.54) is 6.92 Å². The second-order valence-corrected chi connectivity index (χ2v) is 10.0. The zero-order valence-corrected chi connectivity index (χ0v) is 22.5. The lowest BCUT2D eigenvalue weighted by Gasteiger charge is -2.19. The highest BCUT2D eigenvalue weighted by Gasteiger charge is 2.40. The number of nitrogens with zero attached hydrogens (tertiary/aromatic N) is 1. The van der Waals surface area contributed by atoms with Crippen molar-refractivity contribution >= 4 is 52.6 Å². The van der Waals surface area contributed by atoms with E-state index in [0.29, 0.717) is 12.1 Å². The molecule has 0 aliphatic carbocycles. The molecule has 0 spiro atoms. The summed E-state index contributed by atoms with van der Waals surface area (Å²) in [6.07, 6.45) is -8.40. The van der Waals surface area contributed by atoms with Crippen molar-refractivity contribution in [3.8, 4) is 0 Å². The van der Waals surface area contributed by atoms with Gasteiger partial charge in [0.1, 0.15) is 5.78 Å². The number of carbonyl (C=O) groups excluding carboxylic acids is 2. The van der Waals surface area contributed by atoms with E-state index >= 15 is 0 Å². The van der Waals surface area contributed by atoms with E-state index in [2.05, 4.69) is 5.32 Å². The Morgan fingerprint density at radius 2 is 1.58 bits per heavy atom. The molecule has 1 amide bonds. The van der Waals surface area contributed by atoms with Gasteiger partial charge in [-0.3, -0.25) is 9.59 Å². The molecule has 208 valence electrons. The Morgan fingerprint density at radius 3 is 2.08 bits per heavy atom. The predicted octanol–water partition coefficient (Wildman–Crippen LogP) is 7.66. The molecule has 2 atom stereocenters. The first kappa shape index (κ1) is 31.9. The van der Waals surface area contributed by atoms with E-state index in [-0.39, 0.29) is 44.9 Å². The molecule has 0 aromatic heterocycles. The highest BCUT2D eigenvalue weighted by atomic mass is 35.5. The number of rotatable bonds is 9. The van der Waals surface area contributed by atoms with Crippen molar-refractivity contribution < 1.29 is 35.9 Å². The lowest BCUT2D eigenvalue weighted by molar-refractivity contribution is -0.139. The smallest absolute Gasteiger partial charge is 0.349 e. The molecule has 4 nitrogen and oxygen atoms in total. The quantitative estimate of drug-likeness (QED) is 0.237. The van der Waals surface area contributed by atoms with Crippen LogP contribution in [-0.4, -0.2) is 49.4 Å². The molecule has 0 fully saturated rings. The Morgan fingerprint density at radius 1 is 1.00 bits per heavy atom. The third-order valence-electron chi connectivity index (χ3n) is 5.20. The second kappa shape index (κ2) is 12.7. The average Bonchev–Trinajstić information content (AvgIpc) is 2.75. The number of nitrogens with one attached hydrogen (secondary N) is 1. The molecular weight excluding hydrogens is 581 g/mol. The van der Waals surface area contributed by atoms with Gasteiger partial charge in [-0.15, -0.1) is 0 Å². The molecule has 2 rings (SSSR count). The molecule has 13 heteroatoms. The van der Waals surface area contributed by atoms with Gasteiger partial charge in [0, 0.05) is 12.5 Å². The fourth-order valence-electron chi connectivity index (χ4n) is 3.58. The Balaban J connectivity index is 2.37. The van der Waals surface area contributed by atoms with Crippen LogP contribution in [0.5, 0.6) is 0 Å². The van der Waals surface area contributed by atoms with Gasteiger partial charge in [0.25, 0.3) is 5.91 Å². The number of hydrogen-bond donors (Lipinski definition) is 1. The number of ketones is 1. The van der Waals surface area contributed by atoms with Crippen LogP contribution in [0.4, 0.5) is 26.3 Å². The maximum atomic E-state index is 13.8. The normalized spacial score (nSPS) is 14.1. The second-order valence-electron chi connectivity index (χ2n) is 8.83. The van der Waals surface area contributed by atoms with E-state index in [1.54, 1.807) is 19.0 Å². The molecule has 2 aromatic carbocycles. The van der Waals surface area contributed by atoms with Gasteiger partial charge in [0.15, 0.2) is 0 Å². The topological polar surface area (TPSA) is 49.4 Å². The number of carbonyl (C=O) groups is 2. The van der Waals surface area contributed by atoms with Crippen molar-refractivity contribution in [1.82, 2.24) is 10.2 Å². The summed E-state index contributed by atoms with van der Waals surface area (Å²) >= 11 is 17.5. The van der Waals surface area contributed by atoms with Crippen molar-refractivity contribution in [2.45, 2.75) is 37.7 Å². The summed E-state index contributed by atoms with van der Waals surface area (Å²) in [5.41, 5.74) is -2.67. The van der Waals surface area contributed by atoms with Gasteiger partial charge in [-0.2, -0.15) is 26.3 Å².